The van der Waals surface area contributed by atoms with Crippen molar-refractivity contribution in [2.75, 3.05) is 0 Å². The van der Waals surface area contributed by atoms with Crippen molar-refractivity contribution in [2.24, 2.45) is 5.92 Å². The van der Waals surface area contributed by atoms with Crippen molar-refractivity contribution in [3.63, 3.8) is 0 Å². The van der Waals surface area contributed by atoms with Crippen LogP contribution in [0.4, 0.5) is 0 Å². The summed E-state index contributed by atoms with van der Waals surface area (Å²) >= 11 is 0. The van der Waals surface area contributed by atoms with E-state index in [-0.39, 0.29) is 18.6 Å². The zero-order chi connectivity index (χ0) is 17.4. The van der Waals surface area contributed by atoms with Gasteiger partial charge >= 0.3 is 0 Å². The fraction of sp³-hybridized carbons (Fsp3) is 0.300. The summed E-state index contributed by atoms with van der Waals surface area (Å²) in [6.07, 6.45) is 4.00. The van der Waals surface area contributed by atoms with Gasteiger partial charge in [0.2, 0.25) is 0 Å². The van der Waals surface area contributed by atoms with Gasteiger partial charge in [-0.1, -0.05) is 24.3 Å². The number of H-pyrrole nitrogens is 1. The van der Waals surface area contributed by atoms with E-state index in [1.165, 1.54) is 0 Å². The number of pyridine rings is 1. The minimum atomic E-state index is -0.137. The summed E-state index contributed by atoms with van der Waals surface area (Å²) in [5, 5.41) is 13.5. The SMILES string of the molecule is Cc1cccnc1C(NC(=O)c1cc2cccc(CO)c2[nH]1)C1CC1. The third kappa shape index (κ3) is 3.03. The van der Waals surface area contributed by atoms with E-state index in [2.05, 4.69) is 15.3 Å². The number of carbonyl (C=O) groups is 1. The lowest BCUT2D eigenvalue weighted by atomic mass is 10.0. The zero-order valence-electron chi connectivity index (χ0n) is 14.1. The maximum absolute atomic E-state index is 12.8. The number of carbonyl (C=O) groups excluding carboxylic acids is 1. The molecule has 5 nitrogen and oxygen atoms in total. The Morgan fingerprint density at radius 1 is 1.36 bits per heavy atom. The van der Waals surface area contributed by atoms with Crippen LogP contribution in [0.25, 0.3) is 10.9 Å². The van der Waals surface area contributed by atoms with E-state index in [1.807, 2.05) is 43.3 Å². The normalized spacial score (nSPS) is 15.3. The highest BCUT2D eigenvalue weighted by Crippen LogP contribution is 2.41. The van der Waals surface area contributed by atoms with Crippen molar-refractivity contribution in [3.8, 4) is 0 Å². The first-order valence-corrected chi connectivity index (χ1v) is 8.61. The van der Waals surface area contributed by atoms with E-state index in [4.69, 9.17) is 0 Å². The molecule has 5 heteroatoms. The molecule has 0 spiro atoms. The number of aromatic nitrogens is 2. The number of aliphatic hydroxyl groups is 1. The highest BCUT2D eigenvalue weighted by molar-refractivity contribution is 5.98. The second-order valence-electron chi connectivity index (χ2n) is 6.72. The Kier molecular flexibility index (Phi) is 4.01. The molecule has 3 aromatic rings. The summed E-state index contributed by atoms with van der Waals surface area (Å²) < 4.78 is 0. The molecule has 1 atom stereocenters. The van der Waals surface area contributed by atoms with Crippen molar-refractivity contribution in [3.05, 3.63) is 65.1 Å². The van der Waals surface area contributed by atoms with E-state index >= 15 is 0 Å². The molecule has 1 fully saturated rings. The first-order valence-electron chi connectivity index (χ1n) is 8.61. The number of fused-ring (bicyclic) bond motifs is 1. The van der Waals surface area contributed by atoms with Gasteiger partial charge in [-0.25, -0.2) is 0 Å². The summed E-state index contributed by atoms with van der Waals surface area (Å²) in [5.41, 5.74) is 4.16. The molecular weight excluding hydrogens is 314 g/mol. The standard InChI is InChI=1S/C20H21N3O2/c1-12-4-3-9-21-17(12)19(13-7-8-13)23-20(25)16-10-14-5-2-6-15(11-24)18(14)22-16/h2-6,9-10,13,19,22,24H,7-8,11H2,1H3,(H,23,25). The molecule has 0 saturated heterocycles. The molecule has 2 heterocycles. The Morgan fingerprint density at radius 2 is 2.20 bits per heavy atom. The molecule has 4 rings (SSSR count). The predicted octanol–water partition coefficient (Wildman–Crippen LogP) is 3.24. The summed E-state index contributed by atoms with van der Waals surface area (Å²) in [6.45, 7) is 1.97. The van der Waals surface area contributed by atoms with Crippen LogP contribution in [-0.2, 0) is 6.61 Å². The van der Waals surface area contributed by atoms with Gasteiger partial charge in [-0.15, -0.1) is 0 Å². The molecule has 1 aromatic carbocycles. The molecule has 3 N–H and O–H groups in total. The molecule has 1 unspecified atom stereocenters. The van der Waals surface area contributed by atoms with Crippen molar-refractivity contribution in [2.45, 2.75) is 32.4 Å². The van der Waals surface area contributed by atoms with Gasteiger partial charge in [0.05, 0.1) is 23.9 Å². The third-order valence-corrected chi connectivity index (χ3v) is 4.88. The molecule has 0 bridgehead atoms. The Morgan fingerprint density at radius 3 is 2.92 bits per heavy atom. The van der Waals surface area contributed by atoms with Crippen LogP contribution in [0, 0.1) is 12.8 Å². The van der Waals surface area contributed by atoms with E-state index in [0.717, 1.165) is 40.6 Å². The van der Waals surface area contributed by atoms with Gasteiger partial charge in [0.15, 0.2) is 0 Å². The van der Waals surface area contributed by atoms with Crippen molar-refractivity contribution < 1.29 is 9.90 Å². The van der Waals surface area contributed by atoms with Gasteiger partial charge in [0.1, 0.15) is 5.69 Å². The van der Waals surface area contributed by atoms with Crippen molar-refractivity contribution in [1.29, 1.82) is 0 Å². The number of hydrogen-bond acceptors (Lipinski definition) is 3. The summed E-state index contributed by atoms with van der Waals surface area (Å²) in [7, 11) is 0. The molecule has 25 heavy (non-hydrogen) atoms. The van der Waals surface area contributed by atoms with Crippen LogP contribution in [0.1, 0.15) is 46.2 Å². The number of rotatable bonds is 5. The van der Waals surface area contributed by atoms with E-state index in [9.17, 15) is 9.90 Å². The first-order chi connectivity index (χ1) is 12.2. The van der Waals surface area contributed by atoms with Gasteiger partial charge < -0.3 is 15.4 Å². The number of aliphatic hydroxyl groups excluding tert-OH is 1. The number of amides is 1. The largest absolute Gasteiger partial charge is 0.392 e. The average molecular weight is 335 g/mol. The highest BCUT2D eigenvalue weighted by Gasteiger charge is 2.35. The first kappa shape index (κ1) is 15.8. The second kappa shape index (κ2) is 6.33. The number of benzene rings is 1. The van der Waals surface area contributed by atoms with Crippen LogP contribution < -0.4 is 5.32 Å². The Balaban J connectivity index is 1.63. The van der Waals surface area contributed by atoms with Gasteiger partial charge in [-0.3, -0.25) is 9.78 Å². The van der Waals surface area contributed by atoms with Crippen molar-refractivity contribution >= 4 is 16.8 Å². The molecular formula is C20H21N3O2. The highest BCUT2D eigenvalue weighted by atomic mass is 16.3. The Bertz CT molecular complexity index is 928. The lowest BCUT2D eigenvalue weighted by Gasteiger charge is -2.19. The molecule has 0 aliphatic heterocycles. The zero-order valence-corrected chi connectivity index (χ0v) is 14.1. The summed E-state index contributed by atoms with van der Waals surface area (Å²) in [5.74, 6) is 0.317. The van der Waals surface area contributed by atoms with Crippen LogP contribution in [0.5, 0.6) is 0 Å². The predicted molar refractivity (Wildman–Crippen MR) is 96.1 cm³/mol. The fourth-order valence-electron chi connectivity index (χ4n) is 3.35. The molecule has 0 radical (unpaired) electrons. The maximum atomic E-state index is 12.8. The quantitative estimate of drug-likeness (QED) is 0.670. The number of aromatic amines is 1. The van der Waals surface area contributed by atoms with E-state index in [0.29, 0.717) is 11.6 Å². The average Bonchev–Trinajstić information content (AvgIpc) is 3.37. The van der Waals surface area contributed by atoms with Crippen LogP contribution in [0.2, 0.25) is 0 Å². The lowest BCUT2D eigenvalue weighted by Crippen LogP contribution is -2.31. The monoisotopic (exact) mass is 335 g/mol. The van der Waals surface area contributed by atoms with Crippen LogP contribution >= 0.6 is 0 Å². The minimum absolute atomic E-state index is 0.0579. The fourth-order valence-corrected chi connectivity index (χ4v) is 3.35. The van der Waals surface area contributed by atoms with E-state index < -0.39 is 0 Å². The van der Waals surface area contributed by atoms with Crippen LogP contribution in [0.3, 0.4) is 0 Å². The molecule has 1 aliphatic carbocycles. The topological polar surface area (TPSA) is 78.0 Å². The van der Waals surface area contributed by atoms with Gasteiger partial charge in [-0.05, 0) is 43.4 Å². The van der Waals surface area contributed by atoms with Gasteiger partial charge in [0, 0.05) is 17.1 Å². The maximum Gasteiger partial charge on any atom is 0.268 e. The van der Waals surface area contributed by atoms with Gasteiger partial charge in [0.25, 0.3) is 5.91 Å². The Hall–Kier alpha value is -2.66. The summed E-state index contributed by atoms with van der Waals surface area (Å²) in [4.78, 5) is 20.5. The number of aryl methyl sites for hydroxylation is 1. The van der Waals surface area contributed by atoms with E-state index in [1.54, 1.807) is 6.20 Å². The van der Waals surface area contributed by atoms with Gasteiger partial charge in [-0.2, -0.15) is 0 Å². The molecule has 1 amide bonds. The number of para-hydroxylation sites is 1. The smallest absolute Gasteiger partial charge is 0.268 e. The van der Waals surface area contributed by atoms with Crippen molar-refractivity contribution in [1.82, 2.24) is 15.3 Å². The number of nitrogens with one attached hydrogen (secondary N) is 2. The lowest BCUT2D eigenvalue weighted by molar-refractivity contribution is 0.0926. The van der Waals surface area contributed by atoms with Crippen LogP contribution in [0.15, 0.2) is 42.6 Å². The number of nitrogens with zero attached hydrogens (tertiary/aromatic N) is 1. The molecule has 1 saturated carbocycles. The molecule has 1 aliphatic rings. The molecule has 128 valence electrons. The minimum Gasteiger partial charge on any atom is -0.392 e. The van der Waals surface area contributed by atoms with Crippen LogP contribution in [-0.4, -0.2) is 21.0 Å². The molecule has 2 aromatic heterocycles. The third-order valence-electron chi connectivity index (χ3n) is 4.88. The second-order valence-corrected chi connectivity index (χ2v) is 6.72. The Labute approximate surface area is 146 Å². The summed E-state index contributed by atoms with van der Waals surface area (Å²) in [6, 6.07) is 11.4. The number of hydrogen-bond donors (Lipinski definition) is 3.